The molecule has 7 heteroatoms. The number of rotatable bonds is 2. The highest BCUT2D eigenvalue weighted by Crippen LogP contribution is 2.26. The summed E-state index contributed by atoms with van der Waals surface area (Å²) in [6.45, 7) is 6.58. The number of likely N-dealkylation sites (tertiary alicyclic amines) is 1. The Morgan fingerprint density at radius 3 is 2.80 bits per heavy atom. The molecule has 0 aliphatic carbocycles. The van der Waals surface area contributed by atoms with Crippen LogP contribution in [0.4, 0.5) is 10.6 Å². The second kappa shape index (κ2) is 5.15. The summed E-state index contributed by atoms with van der Waals surface area (Å²) >= 11 is 0. The summed E-state index contributed by atoms with van der Waals surface area (Å²) in [6, 6.07) is -0.0174. The van der Waals surface area contributed by atoms with E-state index in [4.69, 9.17) is 10.5 Å². The minimum atomic E-state index is -0.509. The second-order valence-corrected chi connectivity index (χ2v) is 5.92. The van der Waals surface area contributed by atoms with Gasteiger partial charge in [0.05, 0.1) is 17.8 Å². The van der Waals surface area contributed by atoms with Crippen LogP contribution in [0.25, 0.3) is 0 Å². The van der Waals surface area contributed by atoms with E-state index in [0.29, 0.717) is 30.8 Å². The molecule has 20 heavy (non-hydrogen) atoms. The molecule has 7 nitrogen and oxygen atoms in total. The Morgan fingerprint density at radius 1 is 1.55 bits per heavy atom. The SMILES string of the molecule is CC(C)(C)OC(=O)N1CCC(n2ncc(C=O)c2N)C1. The number of carbonyl (C=O) groups excluding carboxylic acids is 2. The lowest BCUT2D eigenvalue weighted by atomic mass is 10.2. The molecule has 2 N–H and O–H groups in total. The lowest BCUT2D eigenvalue weighted by Crippen LogP contribution is -2.35. The summed E-state index contributed by atoms with van der Waals surface area (Å²) in [5.74, 6) is 0.344. The predicted molar refractivity (Wildman–Crippen MR) is 73.5 cm³/mol. The van der Waals surface area contributed by atoms with E-state index in [-0.39, 0.29) is 12.1 Å². The number of hydrogen-bond donors (Lipinski definition) is 1. The van der Waals surface area contributed by atoms with Crippen LogP contribution in [-0.2, 0) is 4.74 Å². The number of hydrogen-bond acceptors (Lipinski definition) is 5. The zero-order chi connectivity index (χ0) is 14.9. The molecule has 2 heterocycles. The Bertz CT molecular complexity index is 518. The summed E-state index contributed by atoms with van der Waals surface area (Å²) in [5, 5.41) is 4.12. The van der Waals surface area contributed by atoms with Crippen molar-refractivity contribution in [1.82, 2.24) is 14.7 Å². The Kier molecular flexibility index (Phi) is 3.69. The third kappa shape index (κ3) is 2.92. The predicted octanol–water partition coefficient (Wildman–Crippen LogP) is 1.46. The fraction of sp³-hybridized carbons (Fsp3) is 0.615. The molecule has 0 bridgehead atoms. The topological polar surface area (TPSA) is 90.5 Å². The Labute approximate surface area is 117 Å². The molecule has 0 radical (unpaired) electrons. The third-order valence-electron chi connectivity index (χ3n) is 3.15. The number of carbonyl (C=O) groups is 2. The first kappa shape index (κ1) is 14.4. The normalized spacial score (nSPS) is 19.1. The van der Waals surface area contributed by atoms with E-state index in [1.165, 1.54) is 6.20 Å². The maximum atomic E-state index is 12.0. The highest BCUT2D eigenvalue weighted by molar-refractivity contribution is 5.81. The highest BCUT2D eigenvalue weighted by atomic mass is 16.6. The average Bonchev–Trinajstić information content (AvgIpc) is 2.92. The lowest BCUT2D eigenvalue weighted by Gasteiger charge is -2.24. The first-order valence-corrected chi connectivity index (χ1v) is 6.58. The molecule has 1 unspecified atom stereocenters. The van der Waals surface area contributed by atoms with Crippen LogP contribution < -0.4 is 5.73 Å². The number of aldehydes is 1. The van der Waals surface area contributed by atoms with Gasteiger partial charge >= 0.3 is 6.09 Å². The monoisotopic (exact) mass is 280 g/mol. The molecule has 0 spiro atoms. The quantitative estimate of drug-likeness (QED) is 0.828. The van der Waals surface area contributed by atoms with Gasteiger partial charge in [-0.15, -0.1) is 0 Å². The molecule has 2 rings (SSSR count). The summed E-state index contributed by atoms with van der Waals surface area (Å²) in [7, 11) is 0. The van der Waals surface area contributed by atoms with Crippen LogP contribution in [0.15, 0.2) is 6.20 Å². The molecule has 1 aromatic rings. The van der Waals surface area contributed by atoms with Crippen molar-refractivity contribution in [1.29, 1.82) is 0 Å². The van der Waals surface area contributed by atoms with Crippen LogP contribution in [0.1, 0.15) is 43.6 Å². The van der Waals surface area contributed by atoms with Gasteiger partial charge in [-0.1, -0.05) is 0 Å². The molecule has 1 aliphatic rings. The molecule has 1 atom stereocenters. The Balaban J connectivity index is 2.03. The number of nitrogens with two attached hydrogens (primary N) is 1. The standard InChI is InChI=1S/C13H20N4O3/c1-13(2,3)20-12(19)16-5-4-10(7-16)17-11(14)9(8-18)6-15-17/h6,8,10H,4-5,7,14H2,1-3H3. The maximum absolute atomic E-state index is 12.0. The number of ether oxygens (including phenoxy) is 1. The van der Waals surface area contributed by atoms with Gasteiger partial charge in [-0.3, -0.25) is 4.79 Å². The molecule has 1 fully saturated rings. The molecular weight excluding hydrogens is 260 g/mol. The third-order valence-corrected chi connectivity index (χ3v) is 3.15. The van der Waals surface area contributed by atoms with Gasteiger partial charge in [0, 0.05) is 13.1 Å². The largest absolute Gasteiger partial charge is 0.444 e. The summed E-state index contributed by atoms with van der Waals surface area (Å²) in [6.07, 6.45) is 2.53. The van der Waals surface area contributed by atoms with Crippen molar-refractivity contribution in [2.75, 3.05) is 18.8 Å². The van der Waals surface area contributed by atoms with Crippen LogP contribution in [0.3, 0.4) is 0 Å². The van der Waals surface area contributed by atoms with E-state index in [1.54, 1.807) is 9.58 Å². The molecule has 1 aromatic heterocycles. The molecule has 110 valence electrons. The van der Waals surface area contributed by atoms with Gasteiger partial charge in [-0.25, -0.2) is 9.48 Å². The molecule has 0 aromatic carbocycles. The van der Waals surface area contributed by atoms with Gasteiger partial charge in [0.15, 0.2) is 6.29 Å². The molecule has 0 saturated carbocycles. The van der Waals surface area contributed by atoms with Crippen molar-refractivity contribution in [3.63, 3.8) is 0 Å². The van der Waals surface area contributed by atoms with E-state index in [9.17, 15) is 9.59 Å². The van der Waals surface area contributed by atoms with E-state index in [1.807, 2.05) is 20.8 Å². The number of nitrogens with zero attached hydrogens (tertiary/aromatic N) is 3. The minimum Gasteiger partial charge on any atom is -0.444 e. The summed E-state index contributed by atoms with van der Waals surface area (Å²) in [5.41, 5.74) is 5.72. The van der Waals surface area contributed by atoms with E-state index in [2.05, 4.69) is 5.10 Å². The summed E-state index contributed by atoms with van der Waals surface area (Å²) < 4.78 is 6.94. The molecular formula is C13H20N4O3. The highest BCUT2D eigenvalue weighted by Gasteiger charge is 2.32. The van der Waals surface area contributed by atoms with Gasteiger partial charge in [-0.2, -0.15) is 5.10 Å². The van der Waals surface area contributed by atoms with Crippen LogP contribution in [0.2, 0.25) is 0 Å². The number of nitrogen functional groups attached to an aromatic ring is 1. The van der Waals surface area contributed by atoms with Gasteiger partial charge in [0.2, 0.25) is 0 Å². The molecule has 1 amide bonds. The molecule has 1 aliphatic heterocycles. The van der Waals surface area contributed by atoms with Crippen LogP contribution in [0.5, 0.6) is 0 Å². The zero-order valence-electron chi connectivity index (χ0n) is 12.0. The van der Waals surface area contributed by atoms with Crippen LogP contribution in [-0.4, -0.2) is 45.8 Å². The fourth-order valence-electron chi connectivity index (χ4n) is 2.20. The van der Waals surface area contributed by atoms with E-state index in [0.717, 1.165) is 6.42 Å². The number of aromatic nitrogens is 2. The summed E-state index contributed by atoms with van der Waals surface area (Å²) in [4.78, 5) is 24.4. The number of anilines is 1. The van der Waals surface area contributed by atoms with Gasteiger partial charge in [0.25, 0.3) is 0 Å². The van der Waals surface area contributed by atoms with Crippen molar-refractivity contribution in [3.8, 4) is 0 Å². The van der Waals surface area contributed by atoms with E-state index < -0.39 is 5.60 Å². The van der Waals surface area contributed by atoms with E-state index >= 15 is 0 Å². The van der Waals surface area contributed by atoms with Crippen molar-refractivity contribution >= 4 is 18.2 Å². The van der Waals surface area contributed by atoms with Crippen molar-refractivity contribution in [2.45, 2.75) is 38.8 Å². The Morgan fingerprint density at radius 2 is 2.25 bits per heavy atom. The Hall–Kier alpha value is -2.05. The molecule has 1 saturated heterocycles. The maximum Gasteiger partial charge on any atom is 0.410 e. The lowest BCUT2D eigenvalue weighted by molar-refractivity contribution is 0.0288. The van der Waals surface area contributed by atoms with Crippen molar-refractivity contribution < 1.29 is 14.3 Å². The van der Waals surface area contributed by atoms with Crippen molar-refractivity contribution in [2.24, 2.45) is 0 Å². The fourth-order valence-corrected chi connectivity index (χ4v) is 2.20. The van der Waals surface area contributed by atoms with Crippen molar-refractivity contribution in [3.05, 3.63) is 11.8 Å². The van der Waals surface area contributed by atoms with Crippen LogP contribution in [0, 0.1) is 0 Å². The average molecular weight is 280 g/mol. The first-order valence-electron chi connectivity index (χ1n) is 6.58. The minimum absolute atomic E-state index is 0.0174. The number of amides is 1. The second-order valence-electron chi connectivity index (χ2n) is 5.92. The van der Waals surface area contributed by atoms with Gasteiger partial charge in [0.1, 0.15) is 11.4 Å². The zero-order valence-corrected chi connectivity index (χ0v) is 12.0. The smallest absolute Gasteiger partial charge is 0.410 e. The van der Waals surface area contributed by atoms with Crippen LogP contribution >= 0.6 is 0 Å². The first-order chi connectivity index (χ1) is 9.31. The van der Waals surface area contributed by atoms with Gasteiger partial charge < -0.3 is 15.4 Å². The van der Waals surface area contributed by atoms with Gasteiger partial charge in [-0.05, 0) is 27.2 Å².